The monoisotopic (exact) mass is 408 g/mol. The van der Waals surface area contributed by atoms with Gasteiger partial charge in [-0.2, -0.15) is 0 Å². The molecule has 0 aliphatic heterocycles. The maximum atomic E-state index is 11.5. The summed E-state index contributed by atoms with van der Waals surface area (Å²) in [6.07, 6.45) is 6.00. The van der Waals surface area contributed by atoms with Crippen LogP contribution in [-0.2, 0) is 4.79 Å². The molecule has 11 atom stereocenters. The molecule has 29 heavy (non-hydrogen) atoms. The van der Waals surface area contributed by atoms with E-state index in [0.717, 1.165) is 44.9 Å². The third kappa shape index (κ3) is 3.27. The molecule has 4 saturated carbocycles. The summed E-state index contributed by atoms with van der Waals surface area (Å²) >= 11 is 0. The smallest absolute Gasteiger partial charge is 0.303 e. The van der Waals surface area contributed by atoms with Crippen molar-refractivity contribution in [3.63, 3.8) is 0 Å². The van der Waals surface area contributed by atoms with Gasteiger partial charge < -0.3 is 20.4 Å². The molecule has 0 unspecified atom stereocenters. The van der Waals surface area contributed by atoms with E-state index in [2.05, 4.69) is 20.8 Å². The SMILES string of the molecule is C[C@@H](CCC(=O)O)[C@H]1CC[C@H]2[C@@H]3[C@H](O)C[C@H]4C[C@H](O)CC[C@@]4(C)[C@H]3C[C@H](O)[C@]12C. The molecule has 5 nitrogen and oxygen atoms in total. The lowest BCUT2D eigenvalue weighted by Crippen LogP contribution is -2.62. The average molecular weight is 409 g/mol. The van der Waals surface area contributed by atoms with E-state index in [1.165, 1.54) is 0 Å². The first-order chi connectivity index (χ1) is 13.6. The van der Waals surface area contributed by atoms with Gasteiger partial charge in [-0.15, -0.1) is 0 Å². The first-order valence-corrected chi connectivity index (χ1v) is 11.8. The fourth-order valence-electron chi connectivity index (χ4n) is 8.68. The second-order valence-corrected chi connectivity index (χ2v) is 11.4. The molecular weight excluding hydrogens is 368 g/mol. The zero-order valence-electron chi connectivity index (χ0n) is 18.3. The maximum absolute atomic E-state index is 11.5. The summed E-state index contributed by atoms with van der Waals surface area (Å²) in [6.45, 7) is 6.72. The molecule has 0 bridgehead atoms. The van der Waals surface area contributed by atoms with Gasteiger partial charge in [0.2, 0.25) is 0 Å². The standard InChI is InChI=1S/C24H40O5/c1-13(4-7-21(28)29)16-5-6-17-22-18(12-20(27)24(16,17)3)23(2)9-8-15(25)10-14(23)11-19(22)26/h13-20,22,25-27H,4-12H2,1-3H3,(H,28,29)/t13-,14+,15+,16+,17-,18-,19+,20-,22-,23+,24+/m0/s1. The van der Waals surface area contributed by atoms with E-state index in [-0.39, 0.29) is 41.3 Å². The van der Waals surface area contributed by atoms with Gasteiger partial charge in [0, 0.05) is 6.42 Å². The summed E-state index contributed by atoms with van der Waals surface area (Å²) in [5.74, 6) is 0.997. The Bertz CT molecular complexity index is 637. The number of fused-ring (bicyclic) bond motifs is 5. The molecule has 4 rings (SSSR count). The fourth-order valence-corrected chi connectivity index (χ4v) is 8.68. The Morgan fingerprint density at radius 2 is 1.76 bits per heavy atom. The lowest BCUT2D eigenvalue weighted by molar-refractivity contribution is -0.207. The Balaban J connectivity index is 1.61. The van der Waals surface area contributed by atoms with Crippen molar-refractivity contribution in [2.24, 2.45) is 46.3 Å². The van der Waals surface area contributed by atoms with Gasteiger partial charge >= 0.3 is 5.97 Å². The molecule has 0 spiro atoms. The lowest BCUT2D eigenvalue weighted by atomic mass is 9.43. The predicted octanol–water partition coefficient (Wildman–Crippen LogP) is 3.45. The summed E-state index contributed by atoms with van der Waals surface area (Å²) in [6, 6.07) is 0. The Morgan fingerprint density at radius 3 is 2.45 bits per heavy atom. The largest absolute Gasteiger partial charge is 0.481 e. The van der Waals surface area contributed by atoms with E-state index in [9.17, 15) is 20.1 Å². The van der Waals surface area contributed by atoms with Crippen LogP contribution in [0.1, 0.15) is 78.6 Å². The van der Waals surface area contributed by atoms with Crippen LogP contribution in [0.2, 0.25) is 0 Å². The number of hydrogen-bond acceptors (Lipinski definition) is 4. The molecule has 5 heteroatoms. The summed E-state index contributed by atoms with van der Waals surface area (Å²) in [4.78, 5) is 11.1. The van der Waals surface area contributed by atoms with Crippen molar-refractivity contribution >= 4 is 5.97 Å². The normalized spacial score (nSPS) is 52.9. The molecule has 0 radical (unpaired) electrons. The number of rotatable bonds is 4. The summed E-state index contributed by atoms with van der Waals surface area (Å²) in [7, 11) is 0. The summed E-state index contributed by atoms with van der Waals surface area (Å²) < 4.78 is 0. The predicted molar refractivity (Wildman–Crippen MR) is 110 cm³/mol. The van der Waals surface area contributed by atoms with Crippen molar-refractivity contribution < 1.29 is 25.2 Å². The van der Waals surface area contributed by atoms with Crippen molar-refractivity contribution in [3.8, 4) is 0 Å². The van der Waals surface area contributed by atoms with Crippen molar-refractivity contribution in [2.45, 2.75) is 96.9 Å². The number of hydrogen-bond donors (Lipinski definition) is 4. The number of aliphatic hydroxyl groups is 3. The van der Waals surface area contributed by atoms with Gasteiger partial charge in [-0.1, -0.05) is 20.8 Å². The van der Waals surface area contributed by atoms with Crippen LogP contribution in [-0.4, -0.2) is 44.7 Å². The first-order valence-electron chi connectivity index (χ1n) is 11.8. The van der Waals surface area contributed by atoms with Crippen LogP contribution in [0.3, 0.4) is 0 Å². The van der Waals surface area contributed by atoms with Gasteiger partial charge in [-0.25, -0.2) is 0 Å². The van der Waals surface area contributed by atoms with Gasteiger partial charge in [0.25, 0.3) is 0 Å². The number of aliphatic hydroxyl groups excluding tert-OH is 3. The Kier molecular flexibility index (Phi) is 5.57. The Morgan fingerprint density at radius 1 is 1.03 bits per heavy atom. The highest BCUT2D eigenvalue weighted by Crippen LogP contribution is 2.68. The molecule has 166 valence electrons. The van der Waals surface area contributed by atoms with Crippen LogP contribution in [0.15, 0.2) is 0 Å². The van der Waals surface area contributed by atoms with Crippen molar-refractivity contribution in [1.29, 1.82) is 0 Å². The number of carboxylic acid groups (broad SMARTS) is 1. The van der Waals surface area contributed by atoms with Crippen LogP contribution in [0.25, 0.3) is 0 Å². The maximum Gasteiger partial charge on any atom is 0.303 e. The number of carbonyl (C=O) groups is 1. The zero-order chi connectivity index (χ0) is 21.1. The lowest BCUT2D eigenvalue weighted by Gasteiger charge is -2.63. The molecule has 4 aliphatic rings. The van der Waals surface area contributed by atoms with Crippen molar-refractivity contribution in [2.75, 3.05) is 0 Å². The Hall–Kier alpha value is -0.650. The molecule has 0 aromatic heterocycles. The number of aliphatic carboxylic acids is 1. The molecule has 0 saturated heterocycles. The van der Waals surface area contributed by atoms with Gasteiger partial charge in [-0.05, 0) is 97.7 Å². The second kappa shape index (κ2) is 7.49. The van der Waals surface area contributed by atoms with Crippen LogP contribution in [0.4, 0.5) is 0 Å². The quantitative estimate of drug-likeness (QED) is 0.571. The highest BCUT2D eigenvalue weighted by molar-refractivity contribution is 5.66. The van der Waals surface area contributed by atoms with Gasteiger partial charge in [0.1, 0.15) is 0 Å². The average Bonchev–Trinajstić information content (AvgIpc) is 3.01. The minimum atomic E-state index is -0.748. The Labute approximate surface area is 174 Å². The van der Waals surface area contributed by atoms with Crippen molar-refractivity contribution in [3.05, 3.63) is 0 Å². The van der Waals surface area contributed by atoms with Crippen molar-refractivity contribution in [1.82, 2.24) is 0 Å². The van der Waals surface area contributed by atoms with E-state index in [1.807, 2.05) is 0 Å². The highest BCUT2D eigenvalue weighted by Gasteiger charge is 2.65. The fraction of sp³-hybridized carbons (Fsp3) is 0.958. The molecule has 4 N–H and O–H groups in total. The molecule has 4 fully saturated rings. The van der Waals surface area contributed by atoms with E-state index < -0.39 is 12.1 Å². The zero-order valence-corrected chi connectivity index (χ0v) is 18.3. The minimum Gasteiger partial charge on any atom is -0.481 e. The van der Waals surface area contributed by atoms with Crippen LogP contribution in [0, 0.1) is 46.3 Å². The third-order valence-corrected chi connectivity index (χ3v) is 10.3. The molecular formula is C24H40O5. The summed E-state index contributed by atoms with van der Waals surface area (Å²) in [5, 5.41) is 42.0. The first kappa shape index (κ1) is 21.6. The van der Waals surface area contributed by atoms with Gasteiger partial charge in [0.15, 0.2) is 0 Å². The highest BCUT2D eigenvalue weighted by atomic mass is 16.4. The second-order valence-electron chi connectivity index (χ2n) is 11.4. The number of carboxylic acids is 1. The summed E-state index contributed by atoms with van der Waals surface area (Å²) in [5.41, 5.74) is -0.143. The topological polar surface area (TPSA) is 98.0 Å². The van der Waals surface area contributed by atoms with E-state index >= 15 is 0 Å². The van der Waals surface area contributed by atoms with Crippen LogP contribution in [0.5, 0.6) is 0 Å². The van der Waals surface area contributed by atoms with E-state index in [1.54, 1.807) is 0 Å². The molecule has 4 aliphatic carbocycles. The van der Waals surface area contributed by atoms with Crippen LogP contribution < -0.4 is 0 Å². The van der Waals surface area contributed by atoms with Gasteiger partial charge in [-0.3, -0.25) is 4.79 Å². The molecule has 0 aromatic rings. The molecule has 0 amide bonds. The third-order valence-electron chi connectivity index (χ3n) is 10.3. The van der Waals surface area contributed by atoms with E-state index in [4.69, 9.17) is 5.11 Å². The molecule has 0 aromatic carbocycles. The minimum absolute atomic E-state index is 0.0957. The van der Waals surface area contributed by atoms with Gasteiger partial charge in [0.05, 0.1) is 18.3 Å². The van der Waals surface area contributed by atoms with E-state index in [0.29, 0.717) is 30.1 Å². The molecule has 0 heterocycles. The van der Waals surface area contributed by atoms with Crippen LogP contribution >= 0.6 is 0 Å².